The van der Waals surface area contributed by atoms with Crippen molar-refractivity contribution >= 4 is 23.0 Å². The topological polar surface area (TPSA) is 66.8 Å². The highest BCUT2D eigenvalue weighted by Crippen LogP contribution is 2.31. The monoisotopic (exact) mass is 366 g/mol. The average Bonchev–Trinajstić information content (AvgIpc) is 3.15. The third kappa shape index (κ3) is 4.05. The summed E-state index contributed by atoms with van der Waals surface area (Å²) in [6.07, 6.45) is 7.79. The van der Waals surface area contributed by atoms with Crippen LogP contribution in [0.2, 0.25) is 0 Å². The third-order valence-corrected chi connectivity index (χ3v) is 5.38. The molecule has 4 heterocycles. The van der Waals surface area contributed by atoms with Gasteiger partial charge in [0.2, 0.25) is 0 Å². The van der Waals surface area contributed by atoms with Crippen molar-refractivity contribution in [3.05, 3.63) is 58.6 Å². The minimum absolute atomic E-state index is 0.373. The highest BCUT2D eigenvalue weighted by atomic mass is 32.1. The molecular weight excluding hydrogens is 344 g/mol. The number of hydrogen-bond donors (Lipinski definition) is 1. The van der Waals surface area contributed by atoms with Crippen LogP contribution in [0.3, 0.4) is 0 Å². The van der Waals surface area contributed by atoms with Crippen molar-refractivity contribution in [1.29, 1.82) is 0 Å². The number of hydrogen-bond acceptors (Lipinski definition) is 7. The summed E-state index contributed by atoms with van der Waals surface area (Å²) in [6, 6.07) is 5.95. The second-order valence-electron chi connectivity index (χ2n) is 6.62. The Balaban J connectivity index is 1.51. The summed E-state index contributed by atoms with van der Waals surface area (Å²) in [5, 5.41) is 3.36. The molecule has 1 saturated heterocycles. The molecule has 1 aliphatic rings. The fourth-order valence-electron chi connectivity index (χ4n) is 3.44. The van der Waals surface area contributed by atoms with Gasteiger partial charge in [0.25, 0.3) is 0 Å². The number of nitrogens with zero attached hydrogens (tertiary/aromatic N) is 5. The van der Waals surface area contributed by atoms with Crippen LogP contribution >= 0.6 is 11.3 Å². The molecule has 4 rings (SSSR count). The molecule has 0 radical (unpaired) electrons. The van der Waals surface area contributed by atoms with Crippen LogP contribution in [-0.4, -0.2) is 37.9 Å². The van der Waals surface area contributed by atoms with Gasteiger partial charge in [0.1, 0.15) is 5.82 Å². The van der Waals surface area contributed by atoms with E-state index >= 15 is 0 Å². The quantitative estimate of drug-likeness (QED) is 0.742. The minimum Gasteiger partial charge on any atom is -0.323 e. The summed E-state index contributed by atoms with van der Waals surface area (Å²) in [4.78, 5) is 21.7. The van der Waals surface area contributed by atoms with E-state index in [1.807, 2.05) is 36.8 Å². The zero-order valence-corrected chi connectivity index (χ0v) is 15.6. The standard InChI is InChI=1S/C19H22N6S/c1-14-4-2-6-17(23-14)24-19-18(21-7-8-22-19)15-5-3-9-25(11-15)12-16-10-20-13-26-16/h2,4,6-8,10,13,15H,3,5,9,11-12H2,1H3,(H,22,23,24)/t15-/m1/s1. The molecule has 1 N–H and O–H groups in total. The Bertz CT molecular complexity index is 851. The molecule has 1 fully saturated rings. The Kier molecular flexibility index (Phi) is 5.17. The van der Waals surface area contributed by atoms with Gasteiger partial charge < -0.3 is 5.32 Å². The normalized spacial score (nSPS) is 18.0. The van der Waals surface area contributed by atoms with Crippen LogP contribution in [0.25, 0.3) is 0 Å². The molecule has 0 aliphatic carbocycles. The summed E-state index contributed by atoms with van der Waals surface area (Å²) in [5.41, 5.74) is 3.91. The molecule has 7 heteroatoms. The van der Waals surface area contributed by atoms with Gasteiger partial charge in [-0.05, 0) is 38.4 Å². The van der Waals surface area contributed by atoms with Gasteiger partial charge in [-0.15, -0.1) is 11.3 Å². The Morgan fingerprint density at radius 2 is 2.19 bits per heavy atom. The number of thiazole rings is 1. The van der Waals surface area contributed by atoms with E-state index in [4.69, 9.17) is 0 Å². The van der Waals surface area contributed by atoms with E-state index in [1.165, 1.54) is 11.3 Å². The van der Waals surface area contributed by atoms with Gasteiger partial charge in [-0.25, -0.2) is 9.97 Å². The van der Waals surface area contributed by atoms with Crippen molar-refractivity contribution in [2.24, 2.45) is 0 Å². The summed E-state index contributed by atoms with van der Waals surface area (Å²) < 4.78 is 0. The second-order valence-corrected chi connectivity index (χ2v) is 7.59. The third-order valence-electron chi connectivity index (χ3n) is 4.62. The lowest BCUT2D eigenvalue weighted by atomic mass is 9.94. The van der Waals surface area contributed by atoms with Gasteiger partial charge in [-0.2, -0.15) is 0 Å². The summed E-state index contributed by atoms with van der Waals surface area (Å²) in [7, 11) is 0. The Morgan fingerprint density at radius 3 is 3.04 bits per heavy atom. The predicted molar refractivity (Wildman–Crippen MR) is 104 cm³/mol. The van der Waals surface area contributed by atoms with Crippen LogP contribution in [0.15, 0.2) is 42.3 Å². The van der Waals surface area contributed by atoms with Crippen molar-refractivity contribution in [2.75, 3.05) is 18.4 Å². The number of aryl methyl sites for hydroxylation is 1. The zero-order chi connectivity index (χ0) is 17.8. The highest BCUT2D eigenvalue weighted by Gasteiger charge is 2.25. The number of piperidine rings is 1. The Hall–Kier alpha value is -2.38. The number of likely N-dealkylation sites (tertiary alicyclic amines) is 1. The van der Waals surface area contributed by atoms with E-state index in [-0.39, 0.29) is 0 Å². The van der Waals surface area contributed by atoms with Crippen molar-refractivity contribution < 1.29 is 0 Å². The van der Waals surface area contributed by atoms with Crippen LogP contribution in [0.1, 0.15) is 35.0 Å². The number of anilines is 2. The second kappa shape index (κ2) is 7.88. The van der Waals surface area contributed by atoms with Crippen molar-refractivity contribution in [1.82, 2.24) is 24.8 Å². The molecule has 3 aromatic heterocycles. The summed E-state index contributed by atoms with van der Waals surface area (Å²) in [5.74, 6) is 2.00. The summed E-state index contributed by atoms with van der Waals surface area (Å²) in [6.45, 7) is 5.06. The van der Waals surface area contributed by atoms with Gasteiger partial charge in [0.15, 0.2) is 5.82 Å². The van der Waals surface area contributed by atoms with Crippen LogP contribution in [-0.2, 0) is 6.54 Å². The Labute approximate surface area is 157 Å². The molecule has 134 valence electrons. The molecule has 3 aromatic rings. The first kappa shape index (κ1) is 17.1. The van der Waals surface area contributed by atoms with Gasteiger partial charge in [0.05, 0.1) is 11.2 Å². The largest absolute Gasteiger partial charge is 0.323 e. The lowest BCUT2D eigenvalue weighted by Crippen LogP contribution is -2.34. The average molecular weight is 366 g/mol. The number of pyridine rings is 1. The first-order valence-electron chi connectivity index (χ1n) is 8.89. The lowest BCUT2D eigenvalue weighted by molar-refractivity contribution is 0.200. The van der Waals surface area contributed by atoms with Crippen LogP contribution in [0.4, 0.5) is 11.6 Å². The first-order valence-corrected chi connectivity index (χ1v) is 9.77. The van der Waals surface area contributed by atoms with Crippen molar-refractivity contribution in [3.8, 4) is 0 Å². The van der Waals surface area contributed by atoms with Crippen LogP contribution < -0.4 is 5.32 Å². The van der Waals surface area contributed by atoms with E-state index < -0.39 is 0 Å². The van der Waals surface area contributed by atoms with Crippen LogP contribution in [0, 0.1) is 6.92 Å². The van der Waals surface area contributed by atoms with Gasteiger partial charge in [-0.1, -0.05) is 6.07 Å². The molecule has 26 heavy (non-hydrogen) atoms. The summed E-state index contributed by atoms with van der Waals surface area (Å²) >= 11 is 1.72. The molecule has 0 bridgehead atoms. The first-order chi connectivity index (χ1) is 12.8. The van der Waals surface area contributed by atoms with Crippen molar-refractivity contribution in [2.45, 2.75) is 32.2 Å². The predicted octanol–water partition coefficient (Wildman–Crippen LogP) is 3.76. The maximum absolute atomic E-state index is 4.66. The Morgan fingerprint density at radius 1 is 1.27 bits per heavy atom. The smallest absolute Gasteiger partial charge is 0.153 e. The highest BCUT2D eigenvalue weighted by molar-refractivity contribution is 7.09. The van der Waals surface area contributed by atoms with E-state index in [2.05, 4.69) is 30.2 Å². The van der Waals surface area contributed by atoms with Gasteiger partial charge in [0, 0.05) is 48.2 Å². The SMILES string of the molecule is Cc1cccc(Nc2nccnc2[C@@H]2CCCN(Cc3cncs3)C2)n1. The fraction of sp³-hybridized carbons (Fsp3) is 0.368. The van der Waals surface area contributed by atoms with E-state index in [0.29, 0.717) is 5.92 Å². The maximum atomic E-state index is 4.66. The zero-order valence-electron chi connectivity index (χ0n) is 14.8. The van der Waals surface area contributed by atoms with E-state index in [1.54, 1.807) is 23.7 Å². The number of aromatic nitrogens is 4. The van der Waals surface area contributed by atoms with E-state index in [0.717, 1.165) is 49.1 Å². The van der Waals surface area contributed by atoms with Gasteiger partial charge in [-0.3, -0.25) is 14.9 Å². The fourth-order valence-corrected chi connectivity index (χ4v) is 4.08. The molecule has 6 nitrogen and oxygen atoms in total. The lowest BCUT2D eigenvalue weighted by Gasteiger charge is -2.32. The molecular formula is C19H22N6S. The molecule has 0 saturated carbocycles. The maximum Gasteiger partial charge on any atom is 0.153 e. The number of rotatable bonds is 5. The van der Waals surface area contributed by atoms with E-state index in [9.17, 15) is 0 Å². The molecule has 0 amide bonds. The molecule has 0 spiro atoms. The number of nitrogens with one attached hydrogen (secondary N) is 1. The van der Waals surface area contributed by atoms with Crippen molar-refractivity contribution in [3.63, 3.8) is 0 Å². The molecule has 0 aromatic carbocycles. The molecule has 0 unspecified atom stereocenters. The molecule has 1 aliphatic heterocycles. The van der Waals surface area contributed by atoms with Gasteiger partial charge >= 0.3 is 0 Å². The minimum atomic E-state index is 0.373. The van der Waals surface area contributed by atoms with Crippen LogP contribution in [0.5, 0.6) is 0 Å². The molecule has 1 atom stereocenters.